The third kappa shape index (κ3) is 5.35. The predicted molar refractivity (Wildman–Crippen MR) is 133 cm³/mol. The maximum atomic E-state index is 11.7. The molecule has 0 amide bonds. The molecule has 0 fully saturated rings. The first-order valence-corrected chi connectivity index (χ1v) is 16.8. The van der Waals surface area contributed by atoms with Crippen LogP contribution in [0.15, 0.2) is 18.7 Å². The minimum absolute atomic E-state index is 0.100. The maximum Gasteiger partial charge on any atom is 0.192 e. The van der Waals surface area contributed by atoms with Crippen molar-refractivity contribution in [1.29, 1.82) is 0 Å². The highest BCUT2D eigenvalue weighted by Gasteiger charge is 2.43. The summed E-state index contributed by atoms with van der Waals surface area (Å²) in [5, 5.41) is 0.954. The van der Waals surface area contributed by atoms with Crippen LogP contribution in [0, 0.1) is 0 Å². The van der Waals surface area contributed by atoms with Crippen molar-refractivity contribution < 1.29 is 13.6 Å². The summed E-state index contributed by atoms with van der Waals surface area (Å²) < 4.78 is 15.4. The second-order valence-electron chi connectivity index (χ2n) is 11.9. The van der Waals surface area contributed by atoms with Gasteiger partial charge in [-0.15, -0.1) is 0 Å². The van der Waals surface area contributed by atoms with E-state index in [9.17, 15) is 4.79 Å². The van der Waals surface area contributed by atoms with Gasteiger partial charge in [-0.3, -0.25) is 4.79 Å². The summed E-state index contributed by atoms with van der Waals surface area (Å²) in [4.78, 5) is 20.4. The molecule has 0 aliphatic heterocycles. The Morgan fingerprint density at radius 3 is 1.84 bits per heavy atom. The van der Waals surface area contributed by atoms with E-state index in [2.05, 4.69) is 89.2 Å². The third-order valence-electron chi connectivity index (χ3n) is 7.31. The Balaban J connectivity index is 2.52. The van der Waals surface area contributed by atoms with Crippen LogP contribution in [0.2, 0.25) is 36.3 Å². The number of carbonyl (C=O) groups excluding carboxylic acids is 1. The third-order valence-corrected chi connectivity index (χ3v) is 16.3. The molecule has 0 radical (unpaired) electrons. The van der Waals surface area contributed by atoms with Crippen molar-refractivity contribution in [2.45, 2.75) is 90.3 Å². The Kier molecular flexibility index (Phi) is 7.13. The molecule has 0 unspecified atom stereocenters. The Morgan fingerprint density at radius 1 is 0.935 bits per heavy atom. The highest BCUT2D eigenvalue weighted by Crippen LogP contribution is 2.40. The Labute approximate surface area is 190 Å². The zero-order chi connectivity index (χ0) is 23.9. The van der Waals surface area contributed by atoms with Crippen LogP contribution in [0.5, 0.6) is 0 Å². The van der Waals surface area contributed by atoms with Crippen LogP contribution in [-0.4, -0.2) is 50.7 Å². The van der Waals surface area contributed by atoms with Crippen molar-refractivity contribution >= 4 is 34.0 Å². The second-order valence-corrected chi connectivity index (χ2v) is 21.5. The van der Waals surface area contributed by atoms with Crippen molar-refractivity contribution in [3.05, 3.63) is 24.3 Å². The highest BCUT2D eigenvalue weighted by molar-refractivity contribution is 6.74. The van der Waals surface area contributed by atoms with Gasteiger partial charge in [-0.2, -0.15) is 0 Å². The molecule has 2 aromatic rings. The SMILES string of the molecule is CC(CO[Si](C)(C)C(C)(C)C)(CO[Si](C)(C)C(C)(C)C)n1cc(C=O)c2cncnc21. The number of hydrogen-bond acceptors (Lipinski definition) is 5. The lowest BCUT2D eigenvalue weighted by Crippen LogP contribution is -2.51. The average Bonchev–Trinajstić information content (AvgIpc) is 3.03. The molecule has 174 valence electrons. The summed E-state index contributed by atoms with van der Waals surface area (Å²) in [6.45, 7) is 25.6. The Morgan fingerprint density at radius 2 is 1.42 bits per heavy atom. The first-order chi connectivity index (χ1) is 14.0. The Hall–Kier alpha value is -1.36. The standard InChI is InChI=1S/C23H41N3O3Si2/c1-21(2,3)30(8,9)28-15-23(7,16-29-31(10,11)22(4,5)6)26-13-18(14-27)19-12-24-17-25-20(19)26/h12-14,17H,15-16H2,1-11H3. The van der Waals surface area contributed by atoms with Crippen LogP contribution in [0.4, 0.5) is 0 Å². The van der Waals surface area contributed by atoms with E-state index >= 15 is 0 Å². The quantitative estimate of drug-likeness (QED) is 0.355. The van der Waals surface area contributed by atoms with Crippen molar-refractivity contribution in [3.63, 3.8) is 0 Å². The number of fused-ring (bicyclic) bond motifs is 1. The number of aromatic nitrogens is 3. The lowest BCUT2D eigenvalue weighted by atomic mass is 10.1. The number of rotatable bonds is 8. The largest absolute Gasteiger partial charge is 0.414 e. The van der Waals surface area contributed by atoms with Crippen molar-refractivity contribution in [2.24, 2.45) is 0 Å². The van der Waals surface area contributed by atoms with Gasteiger partial charge in [0.25, 0.3) is 0 Å². The van der Waals surface area contributed by atoms with E-state index in [1.165, 1.54) is 6.33 Å². The van der Waals surface area contributed by atoms with Gasteiger partial charge in [0.2, 0.25) is 0 Å². The van der Waals surface area contributed by atoms with Gasteiger partial charge in [-0.25, -0.2) is 9.97 Å². The molecule has 2 aromatic heterocycles. The minimum atomic E-state index is -1.99. The molecule has 2 rings (SSSR count). The summed E-state index contributed by atoms with van der Waals surface area (Å²) in [6, 6.07) is 0. The molecule has 0 aromatic carbocycles. The molecule has 6 nitrogen and oxygen atoms in total. The first-order valence-electron chi connectivity index (χ1n) is 11.0. The predicted octanol–water partition coefficient (Wildman–Crippen LogP) is 6.00. The molecular weight excluding hydrogens is 422 g/mol. The smallest absolute Gasteiger partial charge is 0.192 e. The molecule has 0 aliphatic carbocycles. The van der Waals surface area contributed by atoms with E-state index in [-0.39, 0.29) is 10.1 Å². The van der Waals surface area contributed by atoms with E-state index in [4.69, 9.17) is 8.85 Å². The molecule has 31 heavy (non-hydrogen) atoms. The van der Waals surface area contributed by atoms with Gasteiger partial charge in [0.1, 0.15) is 12.0 Å². The fourth-order valence-corrected chi connectivity index (χ4v) is 4.99. The fourth-order valence-electron chi connectivity index (χ4n) is 2.78. The number of hydrogen-bond donors (Lipinski definition) is 0. The first kappa shape index (κ1) is 25.9. The topological polar surface area (TPSA) is 66.2 Å². The van der Waals surface area contributed by atoms with Crippen LogP contribution in [0.1, 0.15) is 58.8 Å². The molecular formula is C23H41N3O3Si2. The van der Waals surface area contributed by atoms with Gasteiger partial charge >= 0.3 is 0 Å². The molecule has 0 N–H and O–H groups in total. The molecule has 0 saturated heterocycles. The number of carbonyl (C=O) groups is 1. The van der Waals surface area contributed by atoms with Gasteiger partial charge in [0.15, 0.2) is 22.9 Å². The average molecular weight is 464 g/mol. The van der Waals surface area contributed by atoms with E-state index in [0.717, 1.165) is 17.3 Å². The summed E-state index contributed by atoms with van der Waals surface area (Å²) in [5.41, 5.74) is 0.803. The lowest BCUT2D eigenvalue weighted by molar-refractivity contribution is 0.0897. The zero-order valence-corrected chi connectivity index (χ0v) is 23.3. The van der Waals surface area contributed by atoms with Gasteiger partial charge in [0, 0.05) is 23.3 Å². The highest BCUT2D eigenvalue weighted by atomic mass is 28.4. The zero-order valence-electron chi connectivity index (χ0n) is 21.3. The van der Waals surface area contributed by atoms with Gasteiger partial charge in [-0.05, 0) is 43.2 Å². The van der Waals surface area contributed by atoms with Crippen LogP contribution in [0.3, 0.4) is 0 Å². The van der Waals surface area contributed by atoms with Gasteiger partial charge in [-0.1, -0.05) is 41.5 Å². The second kappa shape index (κ2) is 8.53. The number of aldehydes is 1. The summed E-state index contributed by atoms with van der Waals surface area (Å²) in [7, 11) is -3.98. The van der Waals surface area contributed by atoms with Crippen molar-refractivity contribution in [1.82, 2.24) is 14.5 Å². The summed E-state index contributed by atoms with van der Waals surface area (Å²) >= 11 is 0. The number of nitrogens with zero attached hydrogens (tertiary/aromatic N) is 3. The normalized spacial score (nSPS) is 14.3. The van der Waals surface area contributed by atoms with Crippen LogP contribution in [-0.2, 0) is 14.4 Å². The fraction of sp³-hybridized carbons (Fsp3) is 0.696. The molecule has 0 atom stereocenters. The molecule has 0 spiro atoms. The van der Waals surface area contributed by atoms with E-state index in [1.54, 1.807) is 6.20 Å². The minimum Gasteiger partial charge on any atom is -0.414 e. The molecule has 2 heterocycles. The molecule has 0 saturated carbocycles. The van der Waals surface area contributed by atoms with Crippen LogP contribution in [0.25, 0.3) is 11.0 Å². The van der Waals surface area contributed by atoms with E-state index in [0.29, 0.717) is 18.8 Å². The molecule has 0 bridgehead atoms. The monoisotopic (exact) mass is 463 g/mol. The summed E-state index contributed by atoms with van der Waals surface area (Å²) in [5.74, 6) is 0. The van der Waals surface area contributed by atoms with Crippen LogP contribution >= 0.6 is 0 Å². The van der Waals surface area contributed by atoms with Crippen LogP contribution < -0.4 is 0 Å². The van der Waals surface area contributed by atoms with Crippen molar-refractivity contribution in [2.75, 3.05) is 13.2 Å². The maximum absolute atomic E-state index is 11.7. The Bertz CT molecular complexity index is 894. The molecule has 0 aliphatic rings. The lowest BCUT2D eigenvalue weighted by Gasteiger charge is -2.43. The van der Waals surface area contributed by atoms with E-state index < -0.39 is 22.2 Å². The summed E-state index contributed by atoms with van der Waals surface area (Å²) in [6.07, 6.45) is 5.96. The van der Waals surface area contributed by atoms with Crippen molar-refractivity contribution in [3.8, 4) is 0 Å². The van der Waals surface area contributed by atoms with E-state index in [1.807, 2.05) is 6.20 Å². The van der Waals surface area contributed by atoms with Gasteiger partial charge in [0.05, 0.1) is 18.8 Å². The van der Waals surface area contributed by atoms with Gasteiger partial charge < -0.3 is 13.4 Å². The molecule has 8 heteroatoms.